The lowest BCUT2D eigenvalue weighted by Gasteiger charge is -2.23. The molecule has 3 unspecified atom stereocenters. The molecule has 2 rings (SSSR count). The maximum Gasteiger partial charge on any atom is 0.102 e. The summed E-state index contributed by atoms with van der Waals surface area (Å²) in [6.45, 7) is 3.89. The molecule has 1 aliphatic rings. The summed E-state index contributed by atoms with van der Waals surface area (Å²) >= 11 is 6.16. The number of hydrogen-bond donors (Lipinski definition) is 1. The number of rotatable bonds is 6. The molecule has 0 amide bonds. The highest BCUT2D eigenvalue weighted by molar-refractivity contribution is 6.31. The molecule has 2 heterocycles. The van der Waals surface area contributed by atoms with Gasteiger partial charge in [0.25, 0.3) is 0 Å². The van der Waals surface area contributed by atoms with Crippen molar-refractivity contribution in [2.24, 2.45) is 5.92 Å². The Morgan fingerprint density at radius 1 is 1.68 bits per heavy atom. The van der Waals surface area contributed by atoms with Crippen LogP contribution in [0.3, 0.4) is 0 Å². The summed E-state index contributed by atoms with van der Waals surface area (Å²) in [5.74, 6) is 0.0838. The number of aliphatic hydroxyl groups is 1. The molecule has 0 saturated carbocycles. The number of aliphatic hydroxyl groups excluding tert-OH is 1. The van der Waals surface area contributed by atoms with E-state index >= 15 is 0 Å². The van der Waals surface area contributed by atoms with Crippen molar-refractivity contribution in [3.63, 3.8) is 0 Å². The van der Waals surface area contributed by atoms with Gasteiger partial charge in [0.05, 0.1) is 36.2 Å². The van der Waals surface area contributed by atoms with Crippen LogP contribution in [0.1, 0.15) is 31.6 Å². The molecule has 1 aromatic heterocycles. The van der Waals surface area contributed by atoms with E-state index in [2.05, 4.69) is 12.0 Å². The molecule has 1 aromatic rings. The van der Waals surface area contributed by atoms with Crippen LogP contribution in [0, 0.1) is 5.92 Å². The minimum atomic E-state index is -0.640. The molecule has 1 N–H and O–H groups in total. The van der Waals surface area contributed by atoms with Gasteiger partial charge in [-0.05, 0) is 12.8 Å². The maximum absolute atomic E-state index is 10.6. The van der Waals surface area contributed by atoms with Gasteiger partial charge in [0.1, 0.15) is 6.10 Å². The predicted molar refractivity (Wildman–Crippen MR) is 72.2 cm³/mol. The van der Waals surface area contributed by atoms with E-state index in [1.807, 2.05) is 0 Å². The highest BCUT2D eigenvalue weighted by Gasteiger charge is 2.36. The van der Waals surface area contributed by atoms with E-state index in [-0.39, 0.29) is 12.0 Å². The number of halogens is 1. The first kappa shape index (κ1) is 14.8. The summed E-state index contributed by atoms with van der Waals surface area (Å²) in [6.07, 6.45) is 2.78. The third-order valence-electron chi connectivity index (χ3n) is 3.69. The van der Waals surface area contributed by atoms with Gasteiger partial charge in [-0.3, -0.25) is 4.68 Å². The van der Waals surface area contributed by atoms with Crippen LogP contribution in [-0.2, 0) is 16.0 Å². The molecular weight excluding hydrogens is 268 g/mol. The summed E-state index contributed by atoms with van der Waals surface area (Å²) in [6, 6.07) is 0. The quantitative estimate of drug-likeness (QED) is 0.870. The first-order valence-electron chi connectivity index (χ1n) is 6.68. The Kier molecular flexibility index (Phi) is 5.21. The summed E-state index contributed by atoms with van der Waals surface area (Å²) in [7, 11) is 1.64. The van der Waals surface area contributed by atoms with Crippen molar-refractivity contribution in [3.8, 4) is 0 Å². The van der Waals surface area contributed by atoms with Gasteiger partial charge >= 0.3 is 0 Å². The average Bonchev–Trinajstić information content (AvgIpc) is 3.02. The van der Waals surface area contributed by atoms with Gasteiger partial charge in [0, 0.05) is 19.6 Å². The molecule has 0 radical (unpaired) electrons. The largest absolute Gasteiger partial charge is 0.386 e. The van der Waals surface area contributed by atoms with Crippen molar-refractivity contribution >= 4 is 11.6 Å². The Morgan fingerprint density at radius 2 is 2.47 bits per heavy atom. The van der Waals surface area contributed by atoms with E-state index in [4.69, 9.17) is 21.1 Å². The van der Waals surface area contributed by atoms with Gasteiger partial charge in [-0.2, -0.15) is 5.10 Å². The minimum absolute atomic E-state index is 0.0838. The Hall–Kier alpha value is -0.620. The van der Waals surface area contributed by atoms with Gasteiger partial charge < -0.3 is 14.6 Å². The smallest absolute Gasteiger partial charge is 0.102 e. The summed E-state index contributed by atoms with van der Waals surface area (Å²) < 4.78 is 12.4. The molecule has 1 saturated heterocycles. The molecule has 0 aliphatic carbocycles. The standard InChI is InChI=1S/C13H21ClN2O3/c1-3-11-9(4-6-19-11)13(17)12-10(14)8-15-16(12)5-7-18-2/h8-9,11,13,17H,3-7H2,1-2H3. The Bertz CT molecular complexity index is 411. The van der Waals surface area contributed by atoms with Crippen LogP contribution < -0.4 is 0 Å². The van der Waals surface area contributed by atoms with Crippen LogP contribution in [0.2, 0.25) is 5.02 Å². The highest BCUT2D eigenvalue weighted by Crippen LogP contribution is 2.37. The summed E-state index contributed by atoms with van der Waals surface area (Å²) in [4.78, 5) is 0. The third-order valence-corrected chi connectivity index (χ3v) is 3.98. The number of hydrogen-bond acceptors (Lipinski definition) is 4. The fourth-order valence-corrected chi connectivity index (χ4v) is 2.92. The fourth-order valence-electron chi connectivity index (χ4n) is 2.67. The van der Waals surface area contributed by atoms with Gasteiger partial charge in [-0.25, -0.2) is 0 Å². The lowest BCUT2D eigenvalue weighted by atomic mass is 9.91. The van der Waals surface area contributed by atoms with Crippen molar-refractivity contribution in [2.45, 2.75) is 38.5 Å². The van der Waals surface area contributed by atoms with Crippen LogP contribution >= 0.6 is 11.6 Å². The topological polar surface area (TPSA) is 56.5 Å². The molecular formula is C13H21ClN2O3. The Labute approximate surface area is 118 Å². The number of nitrogens with zero attached hydrogens (tertiary/aromatic N) is 2. The number of ether oxygens (including phenoxy) is 2. The van der Waals surface area contributed by atoms with Crippen molar-refractivity contribution < 1.29 is 14.6 Å². The fraction of sp³-hybridized carbons (Fsp3) is 0.769. The van der Waals surface area contributed by atoms with Crippen LogP contribution in [0.4, 0.5) is 0 Å². The Balaban J connectivity index is 2.17. The highest BCUT2D eigenvalue weighted by atomic mass is 35.5. The molecule has 0 bridgehead atoms. The van der Waals surface area contributed by atoms with Crippen molar-refractivity contribution in [3.05, 3.63) is 16.9 Å². The zero-order valence-corrected chi connectivity index (χ0v) is 12.1. The van der Waals surface area contributed by atoms with E-state index < -0.39 is 6.10 Å². The second-order valence-corrected chi connectivity index (χ2v) is 5.22. The molecule has 108 valence electrons. The second-order valence-electron chi connectivity index (χ2n) is 4.81. The van der Waals surface area contributed by atoms with E-state index in [1.165, 1.54) is 0 Å². The predicted octanol–water partition coefficient (Wildman–Crippen LogP) is 2.03. The monoisotopic (exact) mass is 288 g/mol. The van der Waals surface area contributed by atoms with E-state index in [1.54, 1.807) is 18.0 Å². The van der Waals surface area contributed by atoms with E-state index in [0.717, 1.165) is 12.8 Å². The zero-order valence-electron chi connectivity index (χ0n) is 11.4. The summed E-state index contributed by atoms with van der Waals surface area (Å²) in [5.41, 5.74) is 0.674. The van der Waals surface area contributed by atoms with Crippen molar-refractivity contribution in [1.82, 2.24) is 9.78 Å². The Morgan fingerprint density at radius 3 is 3.16 bits per heavy atom. The lowest BCUT2D eigenvalue weighted by molar-refractivity contribution is 0.0263. The van der Waals surface area contributed by atoms with Gasteiger partial charge in [0.2, 0.25) is 0 Å². The second kappa shape index (κ2) is 6.70. The van der Waals surface area contributed by atoms with Gasteiger partial charge in [-0.1, -0.05) is 18.5 Å². The molecule has 3 atom stereocenters. The zero-order chi connectivity index (χ0) is 13.8. The number of methoxy groups -OCH3 is 1. The van der Waals surface area contributed by atoms with Gasteiger partial charge in [-0.15, -0.1) is 0 Å². The molecule has 19 heavy (non-hydrogen) atoms. The molecule has 1 aliphatic heterocycles. The molecule has 6 heteroatoms. The van der Waals surface area contributed by atoms with Gasteiger partial charge in [0.15, 0.2) is 0 Å². The minimum Gasteiger partial charge on any atom is -0.386 e. The summed E-state index contributed by atoms with van der Waals surface area (Å²) in [5, 5.41) is 15.3. The third kappa shape index (κ3) is 3.11. The van der Waals surface area contributed by atoms with E-state index in [9.17, 15) is 5.11 Å². The van der Waals surface area contributed by atoms with Crippen LogP contribution in [0.25, 0.3) is 0 Å². The molecule has 0 aromatic carbocycles. The van der Waals surface area contributed by atoms with Crippen molar-refractivity contribution in [2.75, 3.05) is 20.3 Å². The normalized spacial score (nSPS) is 24.8. The maximum atomic E-state index is 10.6. The van der Waals surface area contributed by atoms with Crippen LogP contribution in [-0.4, -0.2) is 41.3 Å². The first-order chi connectivity index (χ1) is 9.19. The SMILES string of the molecule is CCC1OCCC1C(O)c1c(Cl)cnn1CCOC. The number of aromatic nitrogens is 2. The molecule has 5 nitrogen and oxygen atoms in total. The van der Waals surface area contributed by atoms with Crippen LogP contribution in [0.5, 0.6) is 0 Å². The first-order valence-corrected chi connectivity index (χ1v) is 7.06. The molecule has 0 spiro atoms. The average molecular weight is 289 g/mol. The molecule has 1 fully saturated rings. The van der Waals surface area contributed by atoms with Crippen molar-refractivity contribution in [1.29, 1.82) is 0 Å². The van der Waals surface area contributed by atoms with E-state index in [0.29, 0.717) is 30.5 Å². The lowest BCUT2D eigenvalue weighted by Crippen LogP contribution is -2.25. The van der Waals surface area contributed by atoms with Crippen LogP contribution in [0.15, 0.2) is 6.20 Å².